The Bertz CT molecular complexity index is 1090. The van der Waals surface area contributed by atoms with Crippen LogP contribution in [0.1, 0.15) is 22.5 Å². The van der Waals surface area contributed by atoms with Gasteiger partial charge in [0.2, 0.25) is 5.82 Å². The molecule has 7 heteroatoms. The van der Waals surface area contributed by atoms with Crippen molar-refractivity contribution in [3.05, 3.63) is 75.7 Å². The van der Waals surface area contributed by atoms with E-state index in [9.17, 15) is 19.0 Å². The number of hydrogen-bond acceptors (Lipinski definition) is 4. The molecule has 26 heavy (non-hydrogen) atoms. The lowest BCUT2D eigenvalue weighted by Crippen LogP contribution is -1.97. The quantitative estimate of drug-likeness (QED) is 0.605. The minimum Gasteiger partial charge on any atom is -0.508 e. The predicted molar refractivity (Wildman–Crippen MR) is 93.9 cm³/mol. The summed E-state index contributed by atoms with van der Waals surface area (Å²) in [4.78, 5) is 0. The maximum atomic E-state index is 14.5. The molecular formula is C19H12ClF2NO3. The summed E-state index contributed by atoms with van der Waals surface area (Å²) >= 11 is 6.23. The van der Waals surface area contributed by atoms with Gasteiger partial charge in [-0.2, -0.15) is 4.39 Å². The smallest absolute Gasteiger partial charge is 0.200 e. The van der Waals surface area contributed by atoms with Crippen molar-refractivity contribution in [1.82, 2.24) is 0 Å². The molecule has 4 rings (SSSR count). The highest BCUT2D eigenvalue weighted by Gasteiger charge is 2.31. The van der Waals surface area contributed by atoms with Crippen molar-refractivity contribution in [2.45, 2.75) is 6.42 Å². The maximum absolute atomic E-state index is 14.5. The summed E-state index contributed by atoms with van der Waals surface area (Å²) in [7, 11) is 0. The Balaban J connectivity index is 2.05. The summed E-state index contributed by atoms with van der Waals surface area (Å²) in [5.41, 5.74) is 8.20. The van der Waals surface area contributed by atoms with Crippen LogP contribution in [0, 0.1) is 11.6 Å². The van der Waals surface area contributed by atoms with Gasteiger partial charge in [-0.25, -0.2) is 4.39 Å². The minimum atomic E-state index is -1.34. The average Bonchev–Trinajstić information content (AvgIpc) is 3.16. The van der Waals surface area contributed by atoms with Crippen molar-refractivity contribution in [2.24, 2.45) is 0 Å². The lowest BCUT2D eigenvalue weighted by atomic mass is 9.97. The van der Waals surface area contributed by atoms with Gasteiger partial charge in [-0.05, 0) is 41.0 Å². The third-order valence-electron chi connectivity index (χ3n) is 4.41. The van der Waals surface area contributed by atoms with Gasteiger partial charge in [-0.3, -0.25) is 0 Å². The van der Waals surface area contributed by atoms with Crippen LogP contribution in [0.4, 0.5) is 14.5 Å². The molecule has 0 bridgehead atoms. The molecule has 0 saturated heterocycles. The lowest BCUT2D eigenvalue weighted by Gasteiger charge is -2.10. The van der Waals surface area contributed by atoms with Gasteiger partial charge in [0.15, 0.2) is 17.3 Å². The SMILES string of the molecule is Nc1ccoc1C1=C(c2ccc(O)c(F)c2F)Cc2c(Cl)cc(O)cc21. The predicted octanol–water partition coefficient (Wildman–Crippen LogP) is 4.72. The first-order valence-corrected chi connectivity index (χ1v) is 8.02. The fraction of sp³-hybridized carbons (Fsp3) is 0.0526. The molecule has 2 aromatic carbocycles. The molecule has 0 unspecified atom stereocenters. The summed E-state index contributed by atoms with van der Waals surface area (Å²) in [5.74, 6) is -3.11. The van der Waals surface area contributed by atoms with Gasteiger partial charge in [0.05, 0.1) is 12.0 Å². The molecule has 3 aromatic rings. The first kappa shape index (κ1) is 16.5. The van der Waals surface area contributed by atoms with Gasteiger partial charge >= 0.3 is 0 Å². The Morgan fingerprint density at radius 2 is 1.81 bits per heavy atom. The molecule has 1 aliphatic carbocycles. The first-order chi connectivity index (χ1) is 12.4. The van der Waals surface area contributed by atoms with Crippen LogP contribution in [-0.4, -0.2) is 10.2 Å². The van der Waals surface area contributed by atoms with E-state index in [0.717, 1.165) is 6.07 Å². The third kappa shape index (κ3) is 2.34. The lowest BCUT2D eigenvalue weighted by molar-refractivity contribution is 0.406. The molecule has 4 N–H and O–H groups in total. The number of nitrogens with two attached hydrogens (primary N) is 1. The second-order valence-electron chi connectivity index (χ2n) is 5.95. The van der Waals surface area contributed by atoms with E-state index in [-0.39, 0.29) is 28.5 Å². The molecule has 4 nitrogen and oxygen atoms in total. The fourth-order valence-electron chi connectivity index (χ4n) is 3.24. The second kappa shape index (κ2) is 5.78. The van der Waals surface area contributed by atoms with Crippen molar-refractivity contribution in [3.63, 3.8) is 0 Å². The molecule has 0 aliphatic heterocycles. The zero-order valence-corrected chi connectivity index (χ0v) is 13.9. The van der Waals surface area contributed by atoms with E-state index >= 15 is 0 Å². The van der Waals surface area contributed by atoms with Crippen LogP contribution >= 0.6 is 11.6 Å². The Morgan fingerprint density at radius 3 is 2.50 bits per heavy atom. The molecule has 0 radical (unpaired) electrons. The zero-order chi connectivity index (χ0) is 18.6. The highest BCUT2D eigenvalue weighted by atomic mass is 35.5. The topological polar surface area (TPSA) is 79.6 Å². The Labute approximate surface area is 151 Å². The number of allylic oxidation sites excluding steroid dienone is 1. The van der Waals surface area contributed by atoms with Crippen LogP contribution in [0.5, 0.6) is 11.5 Å². The Morgan fingerprint density at radius 1 is 1.04 bits per heavy atom. The molecule has 1 heterocycles. The average molecular weight is 376 g/mol. The van der Waals surface area contributed by atoms with E-state index < -0.39 is 17.4 Å². The van der Waals surface area contributed by atoms with Crippen LogP contribution in [0.2, 0.25) is 5.02 Å². The first-order valence-electron chi connectivity index (χ1n) is 7.64. The number of benzene rings is 2. The van der Waals surface area contributed by atoms with Crippen molar-refractivity contribution < 1.29 is 23.4 Å². The highest BCUT2D eigenvalue weighted by molar-refractivity contribution is 6.32. The number of hydrogen-bond donors (Lipinski definition) is 3. The van der Waals surface area contributed by atoms with E-state index in [0.29, 0.717) is 28.0 Å². The maximum Gasteiger partial charge on any atom is 0.200 e. The van der Waals surface area contributed by atoms with Crippen molar-refractivity contribution >= 4 is 28.4 Å². The number of furan rings is 1. The molecule has 0 saturated carbocycles. The summed E-state index contributed by atoms with van der Waals surface area (Å²) in [6, 6.07) is 6.74. The number of aromatic hydroxyl groups is 2. The van der Waals surface area contributed by atoms with E-state index in [2.05, 4.69) is 0 Å². The number of phenolic OH excluding ortho intramolecular Hbond substituents is 2. The monoisotopic (exact) mass is 375 g/mol. The zero-order valence-electron chi connectivity index (χ0n) is 13.2. The van der Waals surface area contributed by atoms with Crippen LogP contribution in [0.3, 0.4) is 0 Å². The third-order valence-corrected chi connectivity index (χ3v) is 4.75. The van der Waals surface area contributed by atoms with Gasteiger partial charge in [0, 0.05) is 28.6 Å². The van der Waals surface area contributed by atoms with Gasteiger partial charge in [-0.15, -0.1) is 0 Å². The summed E-state index contributed by atoms with van der Waals surface area (Å²) in [6.45, 7) is 0. The van der Waals surface area contributed by atoms with Gasteiger partial charge < -0.3 is 20.4 Å². The van der Waals surface area contributed by atoms with Crippen LogP contribution < -0.4 is 5.73 Å². The van der Waals surface area contributed by atoms with Crippen molar-refractivity contribution in [1.29, 1.82) is 0 Å². The molecule has 0 atom stereocenters. The number of nitrogen functional groups attached to an aromatic ring is 1. The van der Waals surface area contributed by atoms with E-state index in [1.54, 1.807) is 0 Å². The highest BCUT2D eigenvalue weighted by Crippen LogP contribution is 2.48. The van der Waals surface area contributed by atoms with Crippen LogP contribution in [-0.2, 0) is 6.42 Å². The normalized spacial score (nSPS) is 13.3. The molecule has 1 aliphatic rings. The van der Waals surface area contributed by atoms with Gasteiger partial charge in [-0.1, -0.05) is 11.6 Å². The van der Waals surface area contributed by atoms with Gasteiger partial charge in [0.25, 0.3) is 0 Å². The van der Waals surface area contributed by atoms with E-state index in [4.69, 9.17) is 21.8 Å². The van der Waals surface area contributed by atoms with Crippen LogP contribution in [0.25, 0.3) is 11.1 Å². The van der Waals surface area contributed by atoms with Crippen molar-refractivity contribution in [3.8, 4) is 11.5 Å². The molecule has 1 aromatic heterocycles. The number of rotatable bonds is 2. The number of fused-ring (bicyclic) bond motifs is 1. The Hall–Kier alpha value is -2.99. The summed E-state index contributed by atoms with van der Waals surface area (Å²) in [6.07, 6.45) is 1.57. The number of phenols is 2. The molecule has 132 valence electrons. The number of halogens is 3. The van der Waals surface area contributed by atoms with E-state index in [1.807, 2.05) is 0 Å². The number of anilines is 1. The molecule has 0 spiro atoms. The minimum absolute atomic E-state index is 0.0437. The molecule has 0 fully saturated rings. The van der Waals surface area contributed by atoms with Crippen LogP contribution in [0.15, 0.2) is 41.0 Å². The van der Waals surface area contributed by atoms with Gasteiger partial charge in [0.1, 0.15) is 5.75 Å². The standard InChI is InChI=1S/C19H12ClF2NO3/c20-13-6-8(24)5-11-10(13)7-12(16(11)19-14(23)3-4-26-19)9-1-2-15(25)18(22)17(9)21/h1-6,24-25H,7,23H2. The largest absolute Gasteiger partial charge is 0.508 e. The summed E-state index contributed by atoms with van der Waals surface area (Å²) in [5, 5.41) is 19.6. The Kier molecular flexibility index (Phi) is 3.66. The second-order valence-corrected chi connectivity index (χ2v) is 6.36. The van der Waals surface area contributed by atoms with Crippen molar-refractivity contribution in [2.75, 3.05) is 5.73 Å². The molecular weight excluding hydrogens is 364 g/mol. The fourth-order valence-corrected chi connectivity index (χ4v) is 3.52. The van der Waals surface area contributed by atoms with E-state index in [1.165, 1.54) is 30.5 Å². The molecule has 0 amide bonds. The summed E-state index contributed by atoms with van der Waals surface area (Å²) < 4.78 is 33.9.